The summed E-state index contributed by atoms with van der Waals surface area (Å²) < 4.78 is 40.3. The highest BCUT2D eigenvalue weighted by molar-refractivity contribution is 7.92. The first-order valence-corrected chi connectivity index (χ1v) is 7.57. The Morgan fingerprint density at radius 2 is 1.95 bits per heavy atom. The molecule has 2 rings (SSSR count). The summed E-state index contributed by atoms with van der Waals surface area (Å²) in [5, 5.41) is 0. The summed E-state index contributed by atoms with van der Waals surface area (Å²) in [7, 11) is -3.97. The molecule has 0 spiro atoms. The topological polar surface area (TPSA) is 72.2 Å². The number of halogens is 1. The molecule has 0 bridgehead atoms. The first-order chi connectivity index (χ1) is 9.42. The van der Waals surface area contributed by atoms with Crippen LogP contribution in [0.4, 0.5) is 15.8 Å². The van der Waals surface area contributed by atoms with Crippen molar-refractivity contribution in [2.45, 2.75) is 18.2 Å². The Morgan fingerprint density at radius 3 is 2.60 bits per heavy atom. The van der Waals surface area contributed by atoms with Gasteiger partial charge < -0.3 is 5.73 Å². The van der Waals surface area contributed by atoms with E-state index in [1.807, 2.05) is 13.0 Å². The van der Waals surface area contributed by atoms with Crippen molar-refractivity contribution in [2.75, 3.05) is 10.5 Å². The Morgan fingerprint density at radius 1 is 1.20 bits per heavy atom. The monoisotopic (exact) mass is 294 g/mol. The zero-order valence-corrected chi connectivity index (χ0v) is 11.7. The minimum atomic E-state index is -3.97. The number of anilines is 2. The van der Waals surface area contributed by atoms with Gasteiger partial charge in [-0.1, -0.05) is 19.1 Å². The van der Waals surface area contributed by atoms with Gasteiger partial charge in [-0.15, -0.1) is 0 Å². The van der Waals surface area contributed by atoms with Gasteiger partial charge in [0.2, 0.25) is 0 Å². The lowest BCUT2D eigenvalue weighted by atomic mass is 10.1. The standard InChI is InChI=1S/C14H15FN2O2S/c1-2-10-4-3-5-12(8-10)17-20(18,19)14-7-6-11(16)9-13(14)15/h3-9,17H,2,16H2,1H3. The van der Waals surface area contributed by atoms with Gasteiger partial charge in [0.25, 0.3) is 10.0 Å². The van der Waals surface area contributed by atoms with E-state index in [-0.39, 0.29) is 5.69 Å². The van der Waals surface area contributed by atoms with E-state index in [1.165, 1.54) is 6.07 Å². The first-order valence-electron chi connectivity index (χ1n) is 6.09. The van der Waals surface area contributed by atoms with Crippen LogP contribution in [0.25, 0.3) is 0 Å². The molecule has 0 aliphatic carbocycles. The molecule has 0 aromatic heterocycles. The average Bonchev–Trinajstić information content (AvgIpc) is 2.37. The minimum absolute atomic E-state index is 0.175. The lowest BCUT2D eigenvalue weighted by Crippen LogP contribution is -2.14. The molecule has 0 fully saturated rings. The highest BCUT2D eigenvalue weighted by Gasteiger charge is 2.19. The Balaban J connectivity index is 2.35. The van der Waals surface area contributed by atoms with Crippen molar-refractivity contribution in [3.63, 3.8) is 0 Å². The Labute approximate surface area is 117 Å². The van der Waals surface area contributed by atoms with Crippen LogP contribution in [0.2, 0.25) is 0 Å². The van der Waals surface area contributed by atoms with Gasteiger partial charge in [0.1, 0.15) is 10.7 Å². The first kappa shape index (κ1) is 14.3. The van der Waals surface area contributed by atoms with Gasteiger partial charge >= 0.3 is 0 Å². The molecular formula is C14H15FN2O2S. The Hall–Kier alpha value is -2.08. The molecule has 0 radical (unpaired) electrons. The zero-order chi connectivity index (χ0) is 14.8. The number of hydrogen-bond donors (Lipinski definition) is 2. The second kappa shape index (κ2) is 5.50. The summed E-state index contributed by atoms with van der Waals surface area (Å²) in [6, 6.07) is 10.4. The fraction of sp³-hybridized carbons (Fsp3) is 0.143. The molecule has 0 aliphatic heterocycles. The molecule has 0 aliphatic rings. The van der Waals surface area contributed by atoms with Gasteiger partial charge in [-0.2, -0.15) is 0 Å². The molecule has 6 heteroatoms. The van der Waals surface area contributed by atoms with Crippen molar-refractivity contribution in [1.29, 1.82) is 0 Å². The Kier molecular flexibility index (Phi) is 3.94. The molecule has 0 atom stereocenters. The second-order valence-corrected chi connectivity index (χ2v) is 6.00. The van der Waals surface area contributed by atoms with E-state index >= 15 is 0 Å². The number of aryl methyl sites for hydroxylation is 1. The smallest absolute Gasteiger partial charge is 0.264 e. The number of nitrogens with one attached hydrogen (secondary N) is 1. The molecule has 0 saturated heterocycles. The molecule has 2 aromatic rings. The molecule has 0 amide bonds. The number of sulfonamides is 1. The number of benzene rings is 2. The van der Waals surface area contributed by atoms with Gasteiger partial charge in [-0.05, 0) is 42.3 Å². The van der Waals surface area contributed by atoms with E-state index < -0.39 is 20.7 Å². The van der Waals surface area contributed by atoms with Crippen LogP contribution in [0.3, 0.4) is 0 Å². The van der Waals surface area contributed by atoms with Crippen LogP contribution >= 0.6 is 0 Å². The molecule has 4 nitrogen and oxygen atoms in total. The van der Waals surface area contributed by atoms with E-state index in [9.17, 15) is 12.8 Å². The lowest BCUT2D eigenvalue weighted by molar-refractivity contribution is 0.571. The third-order valence-electron chi connectivity index (χ3n) is 2.83. The highest BCUT2D eigenvalue weighted by atomic mass is 32.2. The largest absolute Gasteiger partial charge is 0.399 e. The molecule has 0 unspecified atom stereocenters. The van der Waals surface area contributed by atoms with Crippen LogP contribution < -0.4 is 10.5 Å². The summed E-state index contributed by atoms with van der Waals surface area (Å²) in [5.74, 6) is -0.871. The molecule has 0 heterocycles. The van der Waals surface area contributed by atoms with Crippen molar-refractivity contribution in [2.24, 2.45) is 0 Å². The summed E-state index contributed by atoms with van der Waals surface area (Å²) in [4.78, 5) is -0.423. The number of nitrogen functional groups attached to an aromatic ring is 1. The molecule has 3 N–H and O–H groups in total. The average molecular weight is 294 g/mol. The summed E-state index contributed by atoms with van der Waals surface area (Å²) >= 11 is 0. The fourth-order valence-electron chi connectivity index (χ4n) is 1.80. The summed E-state index contributed by atoms with van der Waals surface area (Å²) in [6.45, 7) is 1.97. The minimum Gasteiger partial charge on any atom is -0.399 e. The van der Waals surface area contributed by atoms with Gasteiger partial charge in [-0.3, -0.25) is 4.72 Å². The van der Waals surface area contributed by atoms with Crippen molar-refractivity contribution in [1.82, 2.24) is 0 Å². The number of hydrogen-bond acceptors (Lipinski definition) is 3. The molecule has 2 aromatic carbocycles. The van der Waals surface area contributed by atoms with Crippen molar-refractivity contribution in [3.8, 4) is 0 Å². The van der Waals surface area contributed by atoms with E-state index in [0.717, 1.165) is 24.1 Å². The fourth-order valence-corrected chi connectivity index (χ4v) is 2.91. The third-order valence-corrected chi connectivity index (χ3v) is 4.25. The molecular weight excluding hydrogens is 279 g/mol. The second-order valence-electron chi connectivity index (χ2n) is 4.35. The maximum Gasteiger partial charge on any atom is 0.264 e. The van der Waals surface area contributed by atoms with Crippen LogP contribution in [-0.2, 0) is 16.4 Å². The summed E-state index contributed by atoms with van der Waals surface area (Å²) in [6.07, 6.45) is 0.784. The van der Waals surface area contributed by atoms with Gasteiger partial charge in [-0.25, -0.2) is 12.8 Å². The van der Waals surface area contributed by atoms with Crippen LogP contribution in [0.1, 0.15) is 12.5 Å². The van der Waals surface area contributed by atoms with Gasteiger partial charge in [0.15, 0.2) is 0 Å². The van der Waals surface area contributed by atoms with Gasteiger partial charge in [0, 0.05) is 11.4 Å². The van der Waals surface area contributed by atoms with Crippen LogP contribution in [0, 0.1) is 5.82 Å². The molecule has 0 saturated carbocycles. The molecule has 106 valence electrons. The van der Waals surface area contributed by atoms with Crippen LogP contribution in [0.15, 0.2) is 47.4 Å². The van der Waals surface area contributed by atoms with E-state index in [0.29, 0.717) is 5.69 Å². The number of nitrogens with two attached hydrogens (primary N) is 1. The van der Waals surface area contributed by atoms with Crippen molar-refractivity contribution < 1.29 is 12.8 Å². The van der Waals surface area contributed by atoms with Crippen LogP contribution in [-0.4, -0.2) is 8.42 Å². The van der Waals surface area contributed by atoms with Crippen LogP contribution in [0.5, 0.6) is 0 Å². The van der Waals surface area contributed by atoms with E-state index in [4.69, 9.17) is 5.73 Å². The van der Waals surface area contributed by atoms with Crippen molar-refractivity contribution >= 4 is 21.4 Å². The normalized spacial score (nSPS) is 11.3. The number of rotatable bonds is 4. The lowest BCUT2D eigenvalue weighted by Gasteiger charge is -2.10. The Bertz CT molecular complexity index is 730. The third kappa shape index (κ3) is 3.08. The van der Waals surface area contributed by atoms with Gasteiger partial charge in [0.05, 0.1) is 0 Å². The molecule has 20 heavy (non-hydrogen) atoms. The van der Waals surface area contributed by atoms with E-state index in [2.05, 4.69) is 4.72 Å². The maximum absolute atomic E-state index is 13.7. The maximum atomic E-state index is 13.7. The van der Waals surface area contributed by atoms with E-state index in [1.54, 1.807) is 18.2 Å². The van der Waals surface area contributed by atoms with Crippen molar-refractivity contribution in [3.05, 3.63) is 53.8 Å². The summed E-state index contributed by atoms with van der Waals surface area (Å²) in [5.41, 5.74) is 6.97. The quantitative estimate of drug-likeness (QED) is 0.852. The predicted molar refractivity (Wildman–Crippen MR) is 77.4 cm³/mol. The highest BCUT2D eigenvalue weighted by Crippen LogP contribution is 2.21. The SMILES string of the molecule is CCc1cccc(NS(=O)(=O)c2ccc(N)cc2F)c1. The predicted octanol–water partition coefficient (Wildman–Crippen LogP) is 2.77. The zero-order valence-electron chi connectivity index (χ0n) is 10.9.